The van der Waals surface area contributed by atoms with E-state index in [0.717, 1.165) is 47.6 Å². The first-order valence-electron chi connectivity index (χ1n) is 11.1. The van der Waals surface area contributed by atoms with Crippen LogP contribution in [0.5, 0.6) is 0 Å². The molecule has 1 saturated heterocycles. The summed E-state index contributed by atoms with van der Waals surface area (Å²) < 4.78 is 13.5. The maximum Gasteiger partial charge on any atom is 0.228 e. The first kappa shape index (κ1) is 21.7. The monoisotopic (exact) mass is 461 g/mol. The van der Waals surface area contributed by atoms with Crippen molar-refractivity contribution in [2.45, 2.75) is 31.3 Å². The predicted molar refractivity (Wildman–Crippen MR) is 130 cm³/mol. The van der Waals surface area contributed by atoms with E-state index in [1.165, 1.54) is 11.1 Å². The van der Waals surface area contributed by atoms with E-state index in [1.807, 2.05) is 6.07 Å². The molecule has 0 N–H and O–H groups in total. The lowest BCUT2D eigenvalue weighted by Crippen LogP contribution is -2.38. The first-order valence-corrected chi connectivity index (χ1v) is 12.1. The molecule has 8 heteroatoms. The summed E-state index contributed by atoms with van der Waals surface area (Å²) >= 11 is 1.63. The highest BCUT2D eigenvalue weighted by Gasteiger charge is 2.21. The van der Waals surface area contributed by atoms with Crippen LogP contribution in [0.2, 0.25) is 0 Å². The lowest BCUT2D eigenvalue weighted by atomic mass is 10.1. The highest BCUT2D eigenvalue weighted by atomic mass is 32.2. The number of thioether (sulfide) groups is 1. The highest BCUT2D eigenvalue weighted by Crippen LogP contribution is 2.29. The largest absolute Gasteiger partial charge is 0.444 e. The Labute approximate surface area is 197 Å². The molecule has 0 radical (unpaired) electrons. The van der Waals surface area contributed by atoms with E-state index in [0.29, 0.717) is 24.9 Å². The molecule has 1 aliphatic heterocycles. The fourth-order valence-corrected chi connectivity index (χ4v) is 4.79. The van der Waals surface area contributed by atoms with Crippen molar-refractivity contribution >= 4 is 17.7 Å². The number of aryl methyl sites for hydroxylation is 2. The molecule has 0 saturated carbocycles. The smallest absolute Gasteiger partial charge is 0.228 e. The number of rotatable bonds is 7. The lowest BCUT2D eigenvalue weighted by molar-refractivity contribution is 0.121. The number of aromatic nitrogens is 4. The third-order valence-corrected chi connectivity index (χ3v) is 6.69. The van der Waals surface area contributed by atoms with E-state index in [2.05, 4.69) is 76.0 Å². The highest BCUT2D eigenvalue weighted by molar-refractivity contribution is 7.98. The van der Waals surface area contributed by atoms with Crippen LogP contribution in [0.15, 0.2) is 64.4 Å². The lowest BCUT2D eigenvalue weighted by Gasteiger charge is -2.28. The molecule has 0 atom stereocenters. The van der Waals surface area contributed by atoms with Gasteiger partial charge in [-0.25, -0.2) is 4.98 Å². The number of ether oxygens (including phenoxy) is 1. The van der Waals surface area contributed by atoms with Crippen molar-refractivity contribution in [2.24, 2.45) is 0 Å². The van der Waals surface area contributed by atoms with Crippen LogP contribution in [0.25, 0.3) is 11.5 Å². The number of oxazole rings is 1. The molecule has 1 fully saturated rings. The van der Waals surface area contributed by atoms with Crippen molar-refractivity contribution in [1.82, 2.24) is 19.7 Å². The van der Waals surface area contributed by atoms with Gasteiger partial charge in [0.2, 0.25) is 11.8 Å². The van der Waals surface area contributed by atoms with Crippen LogP contribution in [0.3, 0.4) is 0 Å². The molecule has 170 valence electrons. The third kappa shape index (κ3) is 4.96. The van der Waals surface area contributed by atoms with Gasteiger partial charge in [0.15, 0.2) is 5.16 Å². The quantitative estimate of drug-likeness (QED) is 0.369. The van der Waals surface area contributed by atoms with Crippen LogP contribution in [-0.4, -0.2) is 46.1 Å². The summed E-state index contributed by atoms with van der Waals surface area (Å²) in [5.74, 6) is 2.20. The van der Waals surface area contributed by atoms with Gasteiger partial charge in [-0.15, -0.1) is 10.2 Å². The fourth-order valence-electron chi connectivity index (χ4n) is 3.98. The average molecular weight is 462 g/mol. The Bertz CT molecular complexity index is 1210. The van der Waals surface area contributed by atoms with Gasteiger partial charge in [-0.2, -0.15) is 0 Å². The van der Waals surface area contributed by atoms with Crippen molar-refractivity contribution in [3.05, 3.63) is 77.2 Å². The standard InChI is InChI=1S/C25H27N5O2S/c1-18-8-9-22(19(2)14-18)23-26-21(16-32-23)17-33-25-28-27-24(29-10-12-31-13-11-29)30(25)15-20-6-4-3-5-7-20/h3-9,14,16H,10-13,15,17H2,1-2H3. The van der Waals surface area contributed by atoms with Crippen molar-refractivity contribution in [3.63, 3.8) is 0 Å². The van der Waals surface area contributed by atoms with Crippen molar-refractivity contribution in [3.8, 4) is 11.5 Å². The van der Waals surface area contributed by atoms with Crippen molar-refractivity contribution in [2.75, 3.05) is 31.2 Å². The average Bonchev–Trinajstić information content (AvgIpc) is 3.46. The van der Waals surface area contributed by atoms with Gasteiger partial charge in [-0.05, 0) is 31.0 Å². The molecule has 4 aromatic rings. The summed E-state index contributed by atoms with van der Waals surface area (Å²) in [6.45, 7) is 7.95. The van der Waals surface area contributed by atoms with Gasteiger partial charge < -0.3 is 14.1 Å². The van der Waals surface area contributed by atoms with Gasteiger partial charge in [0.05, 0.1) is 25.5 Å². The summed E-state index contributed by atoms with van der Waals surface area (Å²) in [5, 5.41) is 9.94. The summed E-state index contributed by atoms with van der Waals surface area (Å²) in [6.07, 6.45) is 1.74. The summed E-state index contributed by atoms with van der Waals surface area (Å²) in [4.78, 5) is 6.97. The van der Waals surface area contributed by atoms with E-state index in [9.17, 15) is 0 Å². The Morgan fingerprint density at radius 3 is 2.61 bits per heavy atom. The fraction of sp³-hybridized carbons (Fsp3) is 0.320. The normalized spacial score (nSPS) is 14.1. The zero-order valence-corrected chi connectivity index (χ0v) is 19.7. The second kappa shape index (κ2) is 9.80. The molecule has 0 unspecified atom stereocenters. The Kier molecular flexibility index (Phi) is 6.46. The molecule has 5 rings (SSSR count). The van der Waals surface area contributed by atoms with Gasteiger partial charge in [-0.3, -0.25) is 4.57 Å². The van der Waals surface area contributed by atoms with E-state index in [-0.39, 0.29) is 0 Å². The second-order valence-electron chi connectivity index (χ2n) is 8.20. The molecule has 0 amide bonds. The maximum absolute atomic E-state index is 5.80. The van der Waals surface area contributed by atoms with Crippen LogP contribution in [0, 0.1) is 13.8 Å². The zero-order chi connectivity index (χ0) is 22.6. The zero-order valence-electron chi connectivity index (χ0n) is 18.9. The number of morpholine rings is 1. The van der Waals surface area contributed by atoms with Gasteiger partial charge in [0.1, 0.15) is 6.26 Å². The molecular formula is C25H27N5O2S. The van der Waals surface area contributed by atoms with Crippen LogP contribution >= 0.6 is 11.8 Å². The van der Waals surface area contributed by atoms with Crippen LogP contribution in [0.1, 0.15) is 22.4 Å². The molecule has 2 aromatic heterocycles. The topological polar surface area (TPSA) is 69.2 Å². The van der Waals surface area contributed by atoms with Gasteiger partial charge >= 0.3 is 0 Å². The van der Waals surface area contributed by atoms with E-state index in [4.69, 9.17) is 14.1 Å². The van der Waals surface area contributed by atoms with Gasteiger partial charge in [-0.1, -0.05) is 59.8 Å². The number of benzene rings is 2. The van der Waals surface area contributed by atoms with Crippen LogP contribution in [-0.2, 0) is 17.0 Å². The number of hydrogen-bond acceptors (Lipinski definition) is 7. The van der Waals surface area contributed by atoms with Crippen LogP contribution in [0.4, 0.5) is 5.95 Å². The van der Waals surface area contributed by atoms with Crippen LogP contribution < -0.4 is 4.90 Å². The van der Waals surface area contributed by atoms with E-state index in [1.54, 1.807) is 18.0 Å². The van der Waals surface area contributed by atoms with Gasteiger partial charge in [0, 0.05) is 24.4 Å². The minimum atomic E-state index is 0.655. The SMILES string of the molecule is Cc1ccc(-c2nc(CSc3nnc(N4CCOCC4)n3Cc3ccccc3)co2)c(C)c1. The minimum absolute atomic E-state index is 0.655. The molecule has 7 nitrogen and oxygen atoms in total. The maximum atomic E-state index is 5.80. The predicted octanol–water partition coefficient (Wildman–Crippen LogP) is 4.73. The molecule has 0 aliphatic carbocycles. The summed E-state index contributed by atoms with van der Waals surface area (Å²) in [6, 6.07) is 16.7. The van der Waals surface area contributed by atoms with E-state index < -0.39 is 0 Å². The number of anilines is 1. The Morgan fingerprint density at radius 2 is 1.82 bits per heavy atom. The van der Waals surface area contributed by atoms with Crippen molar-refractivity contribution in [1.29, 1.82) is 0 Å². The molecule has 1 aliphatic rings. The third-order valence-electron chi connectivity index (χ3n) is 5.69. The first-order chi connectivity index (χ1) is 16.2. The Balaban J connectivity index is 1.36. The second-order valence-corrected chi connectivity index (χ2v) is 9.15. The molecule has 2 aromatic carbocycles. The summed E-state index contributed by atoms with van der Waals surface area (Å²) in [5.41, 5.74) is 5.52. The Hall–Kier alpha value is -3.10. The summed E-state index contributed by atoms with van der Waals surface area (Å²) in [7, 11) is 0. The molecule has 33 heavy (non-hydrogen) atoms. The molecular weight excluding hydrogens is 434 g/mol. The van der Waals surface area contributed by atoms with Gasteiger partial charge in [0.25, 0.3) is 0 Å². The number of nitrogens with zero attached hydrogens (tertiary/aromatic N) is 5. The molecule has 0 bridgehead atoms. The Morgan fingerprint density at radius 1 is 1.00 bits per heavy atom. The van der Waals surface area contributed by atoms with E-state index >= 15 is 0 Å². The molecule has 0 spiro atoms. The minimum Gasteiger partial charge on any atom is -0.444 e. The number of hydrogen-bond donors (Lipinski definition) is 0. The van der Waals surface area contributed by atoms with Crippen molar-refractivity contribution < 1.29 is 9.15 Å². The molecule has 3 heterocycles.